The van der Waals surface area contributed by atoms with Crippen LogP contribution in [0.4, 0.5) is 8.78 Å². The molecule has 3 heteroatoms. The normalized spacial score (nSPS) is 12.0. The number of aryl methyl sites for hydroxylation is 1. The molecule has 0 saturated heterocycles. The highest BCUT2D eigenvalue weighted by Gasteiger charge is 2.11. The highest BCUT2D eigenvalue weighted by Crippen LogP contribution is 2.29. The third-order valence-electron chi connectivity index (χ3n) is 3.23. The first-order valence-electron chi connectivity index (χ1n) is 7.03. The summed E-state index contributed by atoms with van der Waals surface area (Å²) in [6.07, 6.45) is 0.868. The summed E-state index contributed by atoms with van der Waals surface area (Å²) < 4.78 is 33.6. The molecular weight excluding hydrogens is 270 g/mol. The Hall–Kier alpha value is -2.16. The molecule has 0 aromatic heterocycles. The van der Waals surface area contributed by atoms with Gasteiger partial charge in [-0.1, -0.05) is 31.2 Å². The van der Waals surface area contributed by atoms with Crippen molar-refractivity contribution in [3.05, 3.63) is 65.2 Å². The molecular formula is C18H18F2O. The second kappa shape index (κ2) is 7.02. The van der Waals surface area contributed by atoms with Gasteiger partial charge in [0, 0.05) is 11.1 Å². The van der Waals surface area contributed by atoms with Crippen molar-refractivity contribution < 1.29 is 13.5 Å². The molecule has 2 aromatic carbocycles. The summed E-state index contributed by atoms with van der Waals surface area (Å²) in [5.74, 6) is -1.06. The Bertz CT molecular complexity index is 613. The maximum absolute atomic E-state index is 14.2. The summed E-state index contributed by atoms with van der Waals surface area (Å²) in [4.78, 5) is 0. The van der Waals surface area contributed by atoms with E-state index in [1.807, 2.05) is 13.8 Å². The Morgan fingerprint density at radius 1 is 0.810 bits per heavy atom. The van der Waals surface area contributed by atoms with Crippen molar-refractivity contribution in [2.24, 2.45) is 0 Å². The molecule has 0 spiro atoms. The molecule has 0 amide bonds. The molecule has 0 aliphatic rings. The van der Waals surface area contributed by atoms with Crippen molar-refractivity contribution in [2.45, 2.75) is 20.3 Å². The number of rotatable bonds is 5. The van der Waals surface area contributed by atoms with Crippen molar-refractivity contribution in [3.8, 4) is 5.75 Å². The fourth-order valence-corrected chi connectivity index (χ4v) is 2.00. The van der Waals surface area contributed by atoms with Crippen molar-refractivity contribution >= 4 is 11.7 Å². The topological polar surface area (TPSA) is 9.23 Å². The van der Waals surface area contributed by atoms with Crippen LogP contribution in [0.5, 0.6) is 5.75 Å². The van der Waals surface area contributed by atoms with Crippen molar-refractivity contribution in [2.75, 3.05) is 6.61 Å². The summed E-state index contributed by atoms with van der Waals surface area (Å²) in [6.45, 7) is 4.42. The highest BCUT2D eigenvalue weighted by atomic mass is 19.2. The predicted molar refractivity (Wildman–Crippen MR) is 82.5 cm³/mol. The number of hydrogen-bond acceptors (Lipinski definition) is 1. The maximum atomic E-state index is 14.2. The van der Waals surface area contributed by atoms with Gasteiger partial charge in [0.1, 0.15) is 5.75 Å². The smallest absolute Gasteiger partial charge is 0.166 e. The van der Waals surface area contributed by atoms with E-state index in [1.165, 1.54) is 12.1 Å². The Morgan fingerprint density at radius 2 is 1.29 bits per heavy atom. The number of hydrogen-bond donors (Lipinski definition) is 0. The standard InChI is InChI=1S/C18H18F2O/c1-3-13-5-7-14(8-6-13)17(19)18(20)15-9-11-16(12-10-15)21-4-2/h5-12H,3-4H2,1-2H3/b18-17+. The Balaban J connectivity index is 2.27. The minimum Gasteiger partial charge on any atom is -0.494 e. The molecule has 0 atom stereocenters. The highest BCUT2D eigenvalue weighted by molar-refractivity contribution is 5.83. The van der Waals surface area contributed by atoms with Crippen LogP contribution in [0.2, 0.25) is 0 Å². The Labute approximate surface area is 123 Å². The van der Waals surface area contributed by atoms with Crippen molar-refractivity contribution in [3.63, 3.8) is 0 Å². The van der Waals surface area contributed by atoms with E-state index in [-0.39, 0.29) is 11.1 Å². The van der Waals surface area contributed by atoms with Gasteiger partial charge in [0.15, 0.2) is 11.7 Å². The zero-order chi connectivity index (χ0) is 15.2. The lowest BCUT2D eigenvalue weighted by Gasteiger charge is -2.05. The number of benzene rings is 2. The first-order chi connectivity index (χ1) is 10.2. The lowest BCUT2D eigenvalue weighted by molar-refractivity contribution is 0.340. The second-order valence-corrected chi connectivity index (χ2v) is 4.64. The van der Waals surface area contributed by atoms with E-state index < -0.39 is 11.7 Å². The third kappa shape index (κ3) is 3.69. The molecule has 0 radical (unpaired) electrons. The van der Waals surface area contributed by atoms with Crippen LogP contribution in [0.25, 0.3) is 11.7 Å². The SMILES string of the molecule is CCOc1ccc(/C(F)=C(\F)c2ccc(CC)cc2)cc1. The summed E-state index contributed by atoms with van der Waals surface area (Å²) in [6, 6.07) is 13.1. The molecule has 0 fully saturated rings. The van der Waals surface area contributed by atoms with Gasteiger partial charge in [-0.15, -0.1) is 0 Å². The molecule has 0 aliphatic heterocycles. The van der Waals surface area contributed by atoms with E-state index in [0.29, 0.717) is 12.4 Å². The van der Waals surface area contributed by atoms with Gasteiger partial charge in [-0.2, -0.15) is 0 Å². The molecule has 0 unspecified atom stereocenters. The number of halogens is 2. The minimum absolute atomic E-state index is 0.204. The van der Waals surface area contributed by atoms with E-state index in [2.05, 4.69) is 0 Å². The van der Waals surface area contributed by atoms with Gasteiger partial charge < -0.3 is 4.74 Å². The molecule has 0 N–H and O–H groups in total. The van der Waals surface area contributed by atoms with Crippen LogP contribution in [0.1, 0.15) is 30.5 Å². The molecule has 0 saturated carbocycles. The van der Waals surface area contributed by atoms with Crippen LogP contribution in [-0.2, 0) is 6.42 Å². The first kappa shape index (κ1) is 15.2. The van der Waals surface area contributed by atoms with Gasteiger partial charge in [0.05, 0.1) is 6.61 Å². The van der Waals surface area contributed by atoms with Crippen molar-refractivity contribution in [1.29, 1.82) is 0 Å². The van der Waals surface area contributed by atoms with E-state index >= 15 is 0 Å². The Morgan fingerprint density at radius 3 is 1.71 bits per heavy atom. The fraction of sp³-hybridized carbons (Fsp3) is 0.222. The maximum Gasteiger partial charge on any atom is 0.166 e. The van der Waals surface area contributed by atoms with Crippen LogP contribution in [-0.4, -0.2) is 6.61 Å². The van der Waals surface area contributed by atoms with E-state index in [9.17, 15) is 8.78 Å². The van der Waals surface area contributed by atoms with Gasteiger partial charge in [0.25, 0.3) is 0 Å². The van der Waals surface area contributed by atoms with Crippen LogP contribution < -0.4 is 4.74 Å². The molecule has 1 nitrogen and oxygen atoms in total. The van der Waals surface area contributed by atoms with E-state index in [0.717, 1.165) is 12.0 Å². The summed E-state index contributed by atoms with van der Waals surface area (Å²) in [5.41, 5.74) is 1.54. The van der Waals surface area contributed by atoms with E-state index in [1.54, 1.807) is 36.4 Å². The third-order valence-corrected chi connectivity index (χ3v) is 3.23. The van der Waals surface area contributed by atoms with Gasteiger partial charge in [-0.05, 0) is 43.2 Å². The predicted octanol–water partition coefficient (Wildman–Crippen LogP) is 5.41. The van der Waals surface area contributed by atoms with Gasteiger partial charge in [0.2, 0.25) is 0 Å². The van der Waals surface area contributed by atoms with Crippen LogP contribution in [0.15, 0.2) is 48.5 Å². The molecule has 0 heterocycles. The second-order valence-electron chi connectivity index (χ2n) is 4.64. The van der Waals surface area contributed by atoms with Gasteiger partial charge >= 0.3 is 0 Å². The zero-order valence-electron chi connectivity index (χ0n) is 12.2. The summed E-state index contributed by atoms with van der Waals surface area (Å²) in [5, 5.41) is 0. The minimum atomic E-state index is -0.859. The quantitative estimate of drug-likeness (QED) is 0.668. The molecule has 21 heavy (non-hydrogen) atoms. The first-order valence-corrected chi connectivity index (χ1v) is 7.03. The molecule has 2 aromatic rings. The lowest BCUT2D eigenvalue weighted by atomic mass is 10.1. The monoisotopic (exact) mass is 288 g/mol. The summed E-state index contributed by atoms with van der Waals surface area (Å²) in [7, 11) is 0. The van der Waals surface area contributed by atoms with E-state index in [4.69, 9.17) is 4.74 Å². The zero-order valence-corrected chi connectivity index (χ0v) is 12.2. The van der Waals surface area contributed by atoms with Gasteiger partial charge in [-0.25, -0.2) is 8.78 Å². The van der Waals surface area contributed by atoms with Crippen molar-refractivity contribution in [1.82, 2.24) is 0 Å². The average molecular weight is 288 g/mol. The Kier molecular flexibility index (Phi) is 5.09. The van der Waals surface area contributed by atoms with Crippen LogP contribution in [0, 0.1) is 0 Å². The molecule has 0 aliphatic carbocycles. The largest absolute Gasteiger partial charge is 0.494 e. The van der Waals surface area contributed by atoms with Crippen LogP contribution in [0.3, 0.4) is 0 Å². The molecule has 0 bridgehead atoms. The molecule has 110 valence electrons. The fourth-order valence-electron chi connectivity index (χ4n) is 2.00. The van der Waals surface area contributed by atoms with Gasteiger partial charge in [-0.3, -0.25) is 0 Å². The van der Waals surface area contributed by atoms with Crippen LogP contribution >= 0.6 is 0 Å². The number of ether oxygens (including phenoxy) is 1. The molecule has 2 rings (SSSR count). The average Bonchev–Trinajstić information content (AvgIpc) is 2.54. The summed E-state index contributed by atoms with van der Waals surface area (Å²) >= 11 is 0. The lowest BCUT2D eigenvalue weighted by Crippen LogP contribution is -1.91.